The van der Waals surface area contributed by atoms with Gasteiger partial charge in [-0.3, -0.25) is 4.79 Å². The van der Waals surface area contributed by atoms with Crippen LogP contribution in [0.2, 0.25) is 0 Å². The maximum Gasteiger partial charge on any atom is 0.270 e. The Kier molecular flexibility index (Phi) is 2.83. The number of hydrogen-bond donors (Lipinski definition) is 1. The van der Waals surface area contributed by atoms with Crippen LogP contribution in [-0.2, 0) is 6.42 Å². The highest BCUT2D eigenvalue weighted by Crippen LogP contribution is 2.10. The third-order valence-corrected chi connectivity index (χ3v) is 2.95. The fourth-order valence-corrected chi connectivity index (χ4v) is 1.98. The fourth-order valence-electron chi connectivity index (χ4n) is 1.98. The number of nitrogens with one attached hydrogen (secondary N) is 1. The molecule has 1 aromatic heterocycles. The Morgan fingerprint density at radius 2 is 1.79 bits per heavy atom. The van der Waals surface area contributed by atoms with Crippen LogP contribution < -0.4 is 5.56 Å². The third kappa shape index (κ3) is 2.38. The Bertz CT molecular complexity index is 778. The summed E-state index contributed by atoms with van der Waals surface area (Å²) in [6, 6.07) is 13.5. The van der Waals surface area contributed by atoms with E-state index in [1.807, 2.05) is 24.3 Å². The van der Waals surface area contributed by atoms with Gasteiger partial charge in [-0.25, -0.2) is 9.37 Å². The molecule has 0 aliphatic rings. The number of halogens is 1. The molecule has 0 saturated heterocycles. The van der Waals surface area contributed by atoms with Crippen molar-refractivity contribution < 1.29 is 4.39 Å². The third-order valence-electron chi connectivity index (χ3n) is 2.95. The Labute approximate surface area is 108 Å². The first kappa shape index (κ1) is 11.6. The summed E-state index contributed by atoms with van der Waals surface area (Å²) in [7, 11) is 0. The monoisotopic (exact) mass is 254 g/mol. The van der Waals surface area contributed by atoms with Gasteiger partial charge in [-0.15, -0.1) is 0 Å². The van der Waals surface area contributed by atoms with Crippen molar-refractivity contribution in [3.63, 3.8) is 0 Å². The lowest BCUT2D eigenvalue weighted by Crippen LogP contribution is -2.15. The van der Waals surface area contributed by atoms with Crippen LogP contribution in [0.4, 0.5) is 4.39 Å². The van der Waals surface area contributed by atoms with Crippen LogP contribution in [0.5, 0.6) is 0 Å². The molecule has 94 valence electrons. The molecule has 2 aromatic carbocycles. The minimum Gasteiger partial charge on any atom is -0.319 e. The van der Waals surface area contributed by atoms with E-state index in [1.54, 1.807) is 12.1 Å². The van der Waals surface area contributed by atoms with Gasteiger partial charge in [0.1, 0.15) is 11.5 Å². The van der Waals surface area contributed by atoms with Gasteiger partial charge in [0, 0.05) is 6.42 Å². The van der Waals surface area contributed by atoms with Crippen molar-refractivity contribution in [2.45, 2.75) is 6.42 Å². The Morgan fingerprint density at radius 3 is 2.58 bits per heavy atom. The van der Waals surface area contributed by atoms with Gasteiger partial charge in [-0.1, -0.05) is 24.3 Å². The van der Waals surface area contributed by atoms with Crippen molar-refractivity contribution in [1.29, 1.82) is 0 Å². The Balaban J connectivity index is 2.03. The summed E-state index contributed by atoms with van der Waals surface area (Å²) in [5.41, 5.74) is 2.55. The molecule has 3 rings (SSSR count). The van der Waals surface area contributed by atoms with Crippen molar-refractivity contribution in [2.24, 2.45) is 0 Å². The molecule has 0 fully saturated rings. The van der Waals surface area contributed by atoms with Crippen LogP contribution in [0.1, 0.15) is 11.3 Å². The van der Waals surface area contributed by atoms with E-state index in [4.69, 9.17) is 0 Å². The number of para-hydroxylation sites is 2. The van der Waals surface area contributed by atoms with E-state index in [9.17, 15) is 9.18 Å². The minimum atomic E-state index is -0.288. The molecule has 0 bridgehead atoms. The molecule has 0 spiro atoms. The van der Waals surface area contributed by atoms with Gasteiger partial charge in [-0.2, -0.15) is 0 Å². The first-order valence-corrected chi connectivity index (χ1v) is 5.95. The minimum absolute atomic E-state index is 0.206. The van der Waals surface area contributed by atoms with Crippen molar-refractivity contribution in [1.82, 2.24) is 9.97 Å². The van der Waals surface area contributed by atoms with Gasteiger partial charge in [-0.05, 0) is 29.8 Å². The maximum absolute atomic E-state index is 12.8. The van der Waals surface area contributed by atoms with Crippen LogP contribution in [0.15, 0.2) is 53.3 Å². The molecule has 0 atom stereocenters. The SMILES string of the molecule is O=c1[nH]c2ccccc2nc1Cc1ccc(F)cc1. The zero-order valence-corrected chi connectivity index (χ0v) is 10.1. The molecular weight excluding hydrogens is 243 g/mol. The van der Waals surface area contributed by atoms with Gasteiger partial charge < -0.3 is 4.98 Å². The molecule has 0 radical (unpaired) electrons. The van der Waals surface area contributed by atoms with Crippen LogP contribution in [-0.4, -0.2) is 9.97 Å². The molecule has 4 heteroatoms. The highest BCUT2D eigenvalue weighted by molar-refractivity contribution is 5.73. The standard InChI is InChI=1S/C15H11FN2O/c16-11-7-5-10(6-8-11)9-14-15(19)18-13-4-2-1-3-12(13)17-14/h1-8H,9H2,(H,18,19). The van der Waals surface area contributed by atoms with Gasteiger partial charge in [0.25, 0.3) is 5.56 Å². The molecule has 19 heavy (non-hydrogen) atoms. The predicted octanol–water partition coefficient (Wildman–Crippen LogP) is 2.65. The molecule has 3 aromatic rings. The van der Waals surface area contributed by atoms with E-state index in [-0.39, 0.29) is 11.4 Å². The smallest absolute Gasteiger partial charge is 0.270 e. The lowest BCUT2D eigenvalue weighted by atomic mass is 10.1. The number of hydrogen-bond acceptors (Lipinski definition) is 2. The van der Waals surface area contributed by atoms with Crippen molar-refractivity contribution in [3.05, 3.63) is 76.0 Å². The number of benzene rings is 2. The Morgan fingerprint density at radius 1 is 1.05 bits per heavy atom. The quantitative estimate of drug-likeness (QED) is 0.764. The molecule has 0 unspecified atom stereocenters. The average Bonchev–Trinajstić information content (AvgIpc) is 2.42. The molecular formula is C15H11FN2O. The number of aromatic amines is 1. The van der Waals surface area contributed by atoms with E-state index in [0.717, 1.165) is 16.6 Å². The van der Waals surface area contributed by atoms with Crippen LogP contribution >= 0.6 is 0 Å². The molecule has 0 amide bonds. The maximum atomic E-state index is 12.8. The summed E-state index contributed by atoms with van der Waals surface area (Å²) in [6.07, 6.45) is 0.389. The highest BCUT2D eigenvalue weighted by atomic mass is 19.1. The molecule has 3 nitrogen and oxygen atoms in total. The zero-order chi connectivity index (χ0) is 13.2. The van der Waals surface area contributed by atoms with Crippen LogP contribution in [0.3, 0.4) is 0 Å². The zero-order valence-electron chi connectivity index (χ0n) is 10.1. The number of H-pyrrole nitrogens is 1. The Hall–Kier alpha value is -2.49. The molecule has 1 heterocycles. The first-order valence-electron chi connectivity index (χ1n) is 5.95. The van der Waals surface area contributed by atoms with Gasteiger partial charge in [0.15, 0.2) is 0 Å². The second-order valence-corrected chi connectivity index (χ2v) is 4.33. The highest BCUT2D eigenvalue weighted by Gasteiger charge is 2.05. The first-order chi connectivity index (χ1) is 9.22. The lowest BCUT2D eigenvalue weighted by Gasteiger charge is -2.03. The van der Waals surface area contributed by atoms with E-state index in [0.29, 0.717) is 12.1 Å². The van der Waals surface area contributed by atoms with Gasteiger partial charge >= 0.3 is 0 Å². The summed E-state index contributed by atoms with van der Waals surface area (Å²) >= 11 is 0. The van der Waals surface area contributed by atoms with Crippen molar-refractivity contribution in [2.75, 3.05) is 0 Å². The van der Waals surface area contributed by atoms with Gasteiger partial charge in [0.2, 0.25) is 0 Å². The predicted molar refractivity (Wildman–Crippen MR) is 71.6 cm³/mol. The number of fused-ring (bicyclic) bond motifs is 1. The molecule has 1 N–H and O–H groups in total. The summed E-state index contributed by atoms with van der Waals surface area (Å²) < 4.78 is 12.8. The number of aromatic nitrogens is 2. The number of nitrogens with zero attached hydrogens (tertiary/aromatic N) is 1. The topological polar surface area (TPSA) is 45.8 Å². The normalized spacial score (nSPS) is 10.8. The fraction of sp³-hybridized carbons (Fsp3) is 0.0667. The van der Waals surface area contributed by atoms with Crippen LogP contribution in [0, 0.1) is 5.82 Å². The largest absolute Gasteiger partial charge is 0.319 e. The summed E-state index contributed by atoms with van der Waals surface area (Å²) in [5.74, 6) is -0.288. The van der Waals surface area contributed by atoms with E-state index >= 15 is 0 Å². The molecule has 0 saturated carbocycles. The van der Waals surface area contributed by atoms with E-state index < -0.39 is 0 Å². The van der Waals surface area contributed by atoms with Crippen molar-refractivity contribution in [3.8, 4) is 0 Å². The molecule has 0 aliphatic heterocycles. The van der Waals surface area contributed by atoms with Gasteiger partial charge in [0.05, 0.1) is 11.0 Å². The number of rotatable bonds is 2. The lowest BCUT2D eigenvalue weighted by molar-refractivity contribution is 0.627. The van der Waals surface area contributed by atoms with E-state index in [2.05, 4.69) is 9.97 Å². The second kappa shape index (κ2) is 4.65. The summed E-state index contributed by atoms with van der Waals surface area (Å²) in [4.78, 5) is 19.1. The van der Waals surface area contributed by atoms with E-state index in [1.165, 1.54) is 12.1 Å². The van der Waals surface area contributed by atoms with Crippen molar-refractivity contribution >= 4 is 11.0 Å². The van der Waals surface area contributed by atoms with Crippen LogP contribution in [0.25, 0.3) is 11.0 Å². The summed E-state index contributed by atoms with van der Waals surface area (Å²) in [6.45, 7) is 0. The molecule has 0 aliphatic carbocycles. The average molecular weight is 254 g/mol. The summed E-state index contributed by atoms with van der Waals surface area (Å²) in [5, 5.41) is 0. The second-order valence-electron chi connectivity index (χ2n) is 4.33.